The van der Waals surface area contributed by atoms with Crippen molar-refractivity contribution in [2.24, 2.45) is 0 Å². The first-order valence-electron chi connectivity index (χ1n) is 8.41. The lowest BCUT2D eigenvalue weighted by atomic mass is 9.99. The summed E-state index contributed by atoms with van der Waals surface area (Å²) in [5, 5.41) is 13.4. The van der Waals surface area contributed by atoms with E-state index in [1.165, 1.54) is 5.56 Å². The molecule has 2 N–H and O–H groups in total. The highest BCUT2D eigenvalue weighted by molar-refractivity contribution is 5.27. The largest absolute Gasteiger partial charge is 0.497 e. The van der Waals surface area contributed by atoms with Crippen LogP contribution in [0.25, 0.3) is 0 Å². The van der Waals surface area contributed by atoms with Crippen molar-refractivity contribution in [3.63, 3.8) is 0 Å². The topological polar surface area (TPSA) is 41.5 Å². The summed E-state index contributed by atoms with van der Waals surface area (Å²) in [7, 11) is 1.69. The Hall–Kier alpha value is -1.06. The maximum atomic E-state index is 9.73. The van der Waals surface area contributed by atoms with Gasteiger partial charge < -0.3 is 15.2 Å². The number of aliphatic hydroxyl groups is 1. The van der Waals surface area contributed by atoms with Gasteiger partial charge in [-0.1, -0.05) is 12.1 Å². The number of benzene rings is 1. The van der Waals surface area contributed by atoms with Crippen LogP contribution in [-0.4, -0.2) is 29.9 Å². The van der Waals surface area contributed by atoms with E-state index in [4.69, 9.17) is 4.74 Å². The van der Waals surface area contributed by atoms with Crippen LogP contribution in [0.2, 0.25) is 0 Å². The Morgan fingerprint density at radius 1 is 1.09 bits per heavy atom. The molecule has 3 nitrogen and oxygen atoms in total. The number of hydrogen-bond acceptors (Lipinski definition) is 3. The molecule has 0 saturated heterocycles. The average Bonchev–Trinajstić information content (AvgIpc) is 2.44. The zero-order valence-electron chi connectivity index (χ0n) is 14.9. The van der Waals surface area contributed by atoms with Gasteiger partial charge in [0.15, 0.2) is 0 Å². The number of aryl methyl sites for hydroxylation is 1. The lowest BCUT2D eigenvalue weighted by Crippen LogP contribution is -2.35. The zero-order chi connectivity index (χ0) is 16.6. The minimum atomic E-state index is -0.542. The SMILES string of the molecule is COc1ccc(CC[C@@H](C)N[C@H](C)CCCC(C)(C)O)cc1. The second-order valence-corrected chi connectivity index (χ2v) is 7.06. The van der Waals surface area contributed by atoms with E-state index in [2.05, 4.69) is 31.3 Å². The smallest absolute Gasteiger partial charge is 0.118 e. The summed E-state index contributed by atoms with van der Waals surface area (Å²) in [6, 6.07) is 9.31. The molecule has 0 saturated carbocycles. The summed E-state index contributed by atoms with van der Waals surface area (Å²) < 4.78 is 5.18. The van der Waals surface area contributed by atoms with Gasteiger partial charge in [0.05, 0.1) is 12.7 Å². The van der Waals surface area contributed by atoms with E-state index in [1.54, 1.807) is 7.11 Å². The first kappa shape index (κ1) is 19.0. The molecule has 0 aliphatic rings. The molecule has 0 aliphatic heterocycles. The molecule has 0 bridgehead atoms. The van der Waals surface area contributed by atoms with Crippen molar-refractivity contribution in [3.8, 4) is 5.75 Å². The summed E-state index contributed by atoms with van der Waals surface area (Å²) in [4.78, 5) is 0. The van der Waals surface area contributed by atoms with Crippen LogP contribution in [0.15, 0.2) is 24.3 Å². The third-order valence-corrected chi connectivity index (χ3v) is 4.02. The Bertz CT molecular complexity index is 408. The molecule has 22 heavy (non-hydrogen) atoms. The molecule has 126 valence electrons. The molecular formula is C19H33NO2. The van der Waals surface area contributed by atoms with Crippen LogP contribution in [0.4, 0.5) is 0 Å². The van der Waals surface area contributed by atoms with Gasteiger partial charge in [-0.2, -0.15) is 0 Å². The van der Waals surface area contributed by atoms with Gasteiger partial charge in [-0.05, 0) is 77.5 Å². The molecule has 0 unspecified atom stereocenters. The molecule has 0 heterocycles. The highest BCUT2D eigenvalue weighted by Crippen LogP contribution is 2.15. The first-order chi connectivity index (χ1) is 10.3. The summed E-state index contributed by atoms with van der Waals surface area (Å²) >= 11 is 0. The normalized spacial score (nSPS) is 14.6. The number of hydrogen-bond donors (Lipinski definition) is 2. The highest BCUT2D eigenvalue weighted by atomic mass is 16.5. The van der Waals surface area contributed by atoms with E-state index in [1.807, 2.05) is 26.0 Å². The summed E-state index contributed by atoms with van der Waals surface area (Å²) in [5.41, 5.74) is 0.809. The molecular weight excluding hydrogens is 274 g/mol. The first-order valence-corrected chi connectivity index (χ1v) is 8.41. The molecule has 0 spiro atoms. The third kappa shape index (κ3) is 8.40. The average molecular weight is 307 g/mol. The molecule has 0 radical (unpaired) electrons. The van der Waals surface area contributed by atoms with Crippen molar-refractivity contribution < 1.29 is 9.84 Å². The quantitative estimate of drug-likeness (QED) is 0.688. The third-order valence-electron chi connectivity index (χ3n) is 4.02. The summed E-state index contributed by atoms with van der Waals surface area (Å²) in [6.07, 6.45) is 5.23. The molecule has 1 aromatic rings. The van der Waals surface area contributed by atoms with Crippen molar-refractivity contribution in [3.05, 3.63) is 29.8 Å². The van der Waals surface area contributed by atoms with Crippen molar-refractivity contribution in [1.82, 2.24) is 5.32 Å². The van der Waals surface area contributed by atoms with Gasteiger partial charge >= 0.3 is 0 Å². The molecule has 0 aliphatic carbocycles. The van der Waals surface area contributed by atoms with Gasteiger partial charge in [0, 0.05) is 12.1 Å². The van der Waals surface area contributed by atoms with E-state index in [9.17, 15) is 5.11 Å². The molecule has 1 rings (SSSR count). The van der Waals surface area contributed by atoms with E-state index in [0.29, 0.717) is 12.1 Å². The number of rotatable bonds is 10. The van der Waals surface area contributed by atoms with Crippen LogP contribution < -0.4 is 10.1 Å². The molecule has 1 aromatic carbocycles. The standard InChI is InChI=1S/C19H33NO2/c1-15(7-6-14-19(3,4)21)20-16(2)8-9-17-10-12-18(22-5)13-11-17/h10-13,15-16,20-21H,6-9,14H2,1-5H3/t15-,16-/m1/s1. The van der Waals surface area contributed by atoms with Crippen LogP contribution in [-0.2, 0) is 6.42 Å². The van der Waals surface area contributed by atoms with E-state index in [-0.39, 0.29) is 0 Å². The Labute approximate surface area is 136 Å². The van der Waals surface area contributed by atoms with Crippen LogP contribution in [0, 0.1) is 0 Å². The second-order valence-electron chi connectivity index (χ2n) is 7.06. The number of nitrogens with one attached hydrogen (secondary N) is 1. The maximum absolute atomic E-state index is 9.73. The van der Waals surface area contributed by atoms with Crippen molar-refractivity contribution in [2.45, 2.75) is 77.5 Å². The van der Waals surface area contributed by atoms with Gasteiger partial charge in [-0.3, -0.25) is 0 Å². The highest BCUT2D eigenvalue weighted by Gasteiger charge is 2.13. The van der Waals surface area contributed by atoms with E-state index < -0.39 is 5.60 Å². The van der Waals surface area contributed by atoms with Gasteiger partial charge in [-0.15, -0.1) is 0 Å². The van der Waals surface area contributed by atoms with Crippen molar-refractivity contribution in [2.75, 3.05) is 7.11 Å². The molecule has 3 heteroatoms. The van der Waals surface area contributed by atoms with Crippen LogP contribution >= 0.6 is 0 Å². The van der Waals surface area contributed by atoms with Gasteiger partial charge in [0.25, 0.3) is 0 Å². The lowest BCUT2D eigenvalue weighted by molar-refractivity contribution is 0.0674. The predicted octanol–water partition coefficient (Wildman–Crippen LogP) is 3.94. The lowest BCUT2D eigenvalue weighted by Gasteiger charge is -2.22. The van der Waals surface area contributed by atoms with Crippen molar-refractivity contribution >= 4 is 0 Å². The molecule has 0 fully saturated rings. The Kier molecular flexibility index (Phi) is 7.91. The van der Waals surface area contributed by atoms with Gasteiger partial charge in [0.1, 0.15) is 5.75 Å². The molecule has 0 amide bonds. The van der Waals surface area contributed by atoms with Gasteiger partial charge in [-0.25, -0.2) is 0 Å². The maximum Gasteiger partial charge on any atom is 0.118 e. The zero-order valence-corrected chi connectivity index (χ0v) is 14.9. The Morgan fingerprint density at radius 3 is 2.23 bits per heavy atom. The molecule has 2 atom stereocenters. The minimum Gasteiger partial charge on any atom is -0.497 e. The van der Waals surface area contributed by atoms with Crippen LogP contribution in [0.1, 0.15) is 58.9 Å². The number of methoxy groups -OCH3 is 1. The monoisotopic (exact) mass is 307 g/mol. The predicted molar refractivity (Wildman–Crippen MR) is 93.5 cm³/mol. The second kappa shape index (κ2) is 9.16. The molecule has 0 aromatic heterocycles. The Balaban J connectivity index is 2.22. The summed E-state index contributed by atoms with van der Waals surface area (Å²) in [6.45, 7) is 8.23. The fourth-order valence-corrected chi connectivity index (χ4v) is 2.67. The van der Waals surface area contributed by atoms with E-state index in [0.717, 1.165) is 37.9 Å². The van der Waals surface area contributed by atoms with Crippen molar-refractivity contribution in [1.29, 1.82) is 0 Å². The van der Waals surface area contributed by atoms with Crippen LogP contribution in [0.5, 0.6) is 5.75 Å². The van der Waals surface area contributed by atoms with Crippen LogP contribution in [0.3, 0.4) is 0 Å². The van der Waals surface area contributed by atoms with Gasteiger partial charge in [0.2, 0.25) is 0 Å². The minimum absolute atomic E-state index is 0.494. The van der Waals surface area contributed by atoms with E-state index >= 15 is 0 Å². The summed E-state index contributed by atoms with van der Waals surface area (Å²) in [5.74, 6) is 0.912. The Morgan fingerprint density at radius 2 is 1.68 bits per heavy atom. The fraction of sp³-hybridized carbons (Fsp3) is 0.684. The number of ether oxygens (including phenoxy) is 1. The fourth-order valence-electron chi connectivity index (χ4n) is 2.67.